The lowest BCUT2D eigenvalue weighted by Crippen LogP contribution is -2.48. The Kier molecular flexibility index (Phi) is 10.0. The van der Waals surface area contributed by atoms with E-state index in [1.54, 1.807) is 42.5 Å². The van der Waals surface area contributed by atoms with Crippen molar-refractivity contribution in [1.29, 1.82) is 5.26 Å². The third-order valence-corrected chi connectivity index (χ3v) is 6.22. The van der Waals surface area contributed by atoms with Gasteiger partial charge in [0.1, 0.15) is 12.6 Å². The van der Waals surface area contributed by atoms with Crippen molar-refractivity contribution < 1.29 is 19.1 Å². The van der Waals surface area contributed by atoms with Crippen molar-refractivity contribution in [3.05, 3.63) is 92.6 Å². The smallest absolute Gasteiger partial charge is 0.262 e. The molecule has 0 heterocycles. The normalized spacial score (nSPS) is 11.6. The van der Waals surface area contributed by atoms with Crippen LogP contribution in [-0.4, -0.2) is 31.2 Å². The van der Waals surface area contributed by atoms with Gasteiger partial charge in [-0.1, -0.05) is 50.2 Å². The topological polar surface area (TPSA) is 113 Å². The number of carbonyl (C=O) groups is 2. The van der Waals surface area contributed by atoms with Gasteiger partial charge in [-0.2, -0.15) is 10.4 Å². The summed E-state index contributed by atoms with van der Waals surface area (Å²) in [5.41, 5.74) is 4.99. The van der Waals surface area contributed by atoms with Gasteiger partial charge in [0.25, 0.3) is 11.8 Å². The highest BCUT2D eigenvalue weighted by atomic mass is 127. The second kappa shape index (κ2) is 13.4. The highest BCUT2D eigenvalue weighted by Crippen LogP contribution is 2.34. The van der Waals surface area contributed by atoms with Gasteiger partial charge >= 0.3 is 0 Å². The highest BCUT2D eigenvalue weighted by Gasteiger charge is 2.24. The summed E-state index contributed by atoms with van der Waals surface area (Å²) in [6, 6.07) is 20.9. The molecule has 2 N–H and O–H groups in total. The number of hydrazone groups is 1. The van der Waals surface area contributed by atoms with Gasteiger partial charge in [0.2, 0.25) is 0 Å². The van der Waals surface area contributed by atoms with Gasteiger partial charge in [0, 0.05) is 11.1 Å². The Morgan fingerprint density at radius 2 is 1.81 bits per heavy atom. The van der Waals surface area contributed by atoms with E-state index in [0.717, 1.165) is 9.13 Å². The number of nitrogens with one attached hydrogen (secondary N) is 2. The van der Waals surface area contributed by atoms with E-state index in [0.29, 0.717) is 28.2 Å². The molecule has 0 spiro atoms. The summed E-state index contributed by atoms with van der Waals surface area (Å²) in [5, 5.41) is 16.1. The minimum Gasteiger partial charge on any atom is -0.493 e. The van der Waals surface area contributed by atoms with Crippen LogP contribution in [0.5, 0.6) is 11.5 Å². The number of nitrogens with zero attached hydrogens (tertiary/aromatic N) is 2. The van der Waals surface area contributed by atoms with E-state index in [1.165, 1.54) is 13.3 Å². The van der Waals surface area contributed by atoms with E-state index in [1.807, 2.05) is 38.1 Å². The number of amides is 2. The Morgan fingerprint density at radius 3 is 2.49 bits per heavy atom. The van der Waals surface area contributed by atoms with Gasteiger partial charge in [-0.3, -0.25) is 9.59 Å². The summed E-state index contributed by atoms with van der Waals surface area (Å²) in [4.78, 5) is 25.3. The van der Waals surface area contributed by atoms with E-state index in [9.17, 15) is 14.9 Å². The van der Waals surface area contributed by atoms with Gasteiger partial charge in [-0.15, -0.1) is 0 Å². The molecule has 37 heavy (non-hydrogen) atoms. The first-order valence-corrected chi connectivity index (χ1v) is 12.6. The zero-order valence-corrected chi connectivity index (χ0v) is 22.9. The quantitative estimate of drug-likeness (QED) is 0.197. The molecule has 3 aromatic rings. The van der Waals surface area contributed by atoms with Crippen molar-refractivity contribution in [2.45, 2.75) is 26.5 Å². The van der Waals surface area contributed by atoms with Crippen LogP contribution in [0.3, 0.4) is 0 Å². The van der Waals surface area contributed by atoms with Crippen molar-refractivity contribution in [2.75, 3.05) is 7.11 Å². The Labute approximate surface area is 229 Å². The maximum absolute atomic E-state index is 12.7. The molecule has 0 saturated heterocycles. The lowest BCUT2D eigenvalue weighted by molar-refractivity contribution is -0.123. The molecule has 1 atom stereocenters. The van der Waals surface area contributed by atoms with Crippen LogP contribution in [0.2, 0.25) is 0 Å². The van der Waals surface area contributed by atoms with Crippen molar-refractivity contribution in [3.63, 3.8) is 0 Å². The minimum atomic E-state index is -0.758. The van der Waals surface area contributed by atoms with Crippen LogP contribution in [-0.2, 0) is 11.4 Å². The third-order valence-electron chi connectivity index (χ3n) is 5.42. The van der Waals surface area contributed by atoms with Crippen LogP contribution in [0.1, 0.15) is 40.9 Å². The van der Waals surface area contributed by atoms with E-state index in [4.69, 9.17) is 9.47 Å². The van der Waals surface area contributed by atoms with Crippen LogP contribution in [0.25, 0.3) is 0 Å². The lowest BCUT2D eigenvalue weighted by Gasteiger charge is -2.20. The molecular weight excluding hydrogens is 583 g/mol. The molecule has 1 unspecified atom stereocenters. The SMILES string of the molecule is COc1cc(/C=N/NC(=O)C(NC(=O)c2ccccc2)C(C)C)cc(I)c1OCc1ccccc1C#N. The van der Waals surface area contributed by atoms with E-state index in [2.05, 4.69) is 44.5 Å². The molecule has 190 valence electrons. The molecule has 0 radical (unpaired) electrons. The maximum Gasteiger partial charge on any atom is 0.262 e. The lowest BCUT2D eigenvalue weighted by atomic mass is 10.0. The zero-order valence-electron chi connectivity index (χ0n) is 20.7. The summed E-state index contributed by atoms with van der Waals surface area (Å²) in [7, 11) is 1.53. The standard InChI is InChI=1S/C28H27IN4O4/c1-18(2)25(32-27(34)20-9-5-4-6-10-20)28(35)33-31-16-19-13-23(29)26(24(14-19)36-3)37-17-22-12-8-7-11-21(22)15-30/h4-14,16,18,25H,17H2,1-3H3,(H,32,34)(H,33,35)/b31-16+. The number of hydrogen-bond donors (Lipinski definition) is 2. The monoisotopic (exact) mass is 610 g/mol. The average molecular weight is 610 g/mol. The van der Waals surface area contributed by atoms with Crippen molar-refractivity contribution >= 4 is 40.6 Å². The van der Waals surface area contributed by atoms with Crippen molar-refractivity contribution in [2.24, 2.45) is 11.0 Å². The molecule has 0 aliphatic heterocycles. The maximum atomic E-state index is 12.7. The number of rotatable bonds is 10. The number of methoxy groups -OCH3 is 1. The fraction of sp³-hybridized carbons (Fsp3) is 0.214. The molecule has 9 heteroatoms. The van der Waals surface area contributed by atoms with Gasteiger partial charge in [-0.05, 0) is 64.4 Å². The molecule has 0 fully saturated rings. The van der Waals surface area contributed by atoms with E-state index >= 15 is 0 Å². The van der Waals surface area contributed by atoms with Gasteiger partial charge < -0.3 is 14.8 Å². The molecule has 0 saturated carbocycles. The largest absolute Gasteiger partial charge is 0.493 e. The number of benzene rings is 3. The first kappa shape index (κ1) is 27.7. The predicted octanol–water partition coefficient (Wildman–Crippen LogP) is 4.66. The van der Waals surface area contributed by atoms with Gasteiger partial charge in [0.05, 0.1) is 28.5 Å². The molecule has 0 aliphatic carbocycles. The Bertz CT molecular complexity index is 1320. The van der Waals surface area contributed by atoms with E-state index in [-0.39, 0.29) is 18.4 Å². The fourth-order valence-corrected chi connectivity index (χ4v) is 4.23. The second-order valence-electron chi connectivity index (χ2n) is 8.39. The Balaban J connectivity index is 1.67. The van der Waals surface area contributed by atoms with Crippen molar-refractivity contribution in [1.82, 2.24) is 10.7 Å². The molecular formula is C28H27IN4O4. The number of carbonyl (C=O) groups excluding carboxylic acids is 2. The fourth-order valence-electron chi connectivity index (χ4n) is 3.45. The van der Waals surface area contributed by atoms with Crippen LogP contribution in [0, 0.1) is 20.8 Å². The second-order valence-corrected chi connectivity index (χ2v) is 9.55. The first-order valence-electron chi connectivity index (χ1n) is 11.5. The average Bonchev–Trinajstić information content (AvgIpc) is 2.91. The molecule has 8 nitrogen and oxygen atoms in total. The number of nitriles is 1. The van der Waals surface area contributed by atoms with Gasteiger partial charge in [0.15, 0.2) is 11.5 Å². The van der Waals surface area contributed by atoms with Gasteiger partial charge in [-0.25, -0.2) is 5.43 Å². The van der Waals surface area contributed by atoms with Crippen molar-refractivity contribution in [3.8, 4) is 17.6 Å². The summed E-state index contributed by atoms with van der Waals surface area (Å²) < 4.78 is 12.3. The van der Waals surface area contributed by atoms with Crippen LogP contribution in [0.4, 0.5) is 0 Å². The molecule has 2 amide bonds. The van der Waals surface area contributed by atoms with Crippen LogP contribution >= 0.6 is 22.6 Å². The van der Waals surface area contributed by atoms with Crippen LogP contribution < -0.4 is 20.2 Å². The molecule has 3 aromatic carbocycles. The Morgan fingerprint density at radius 1 is 1.11 bits per heavy atom. The summed E-state index contributed by atoms with van der Waals surface area (Å²) in [6.45, 7) is 3.91. The first-order chi connectivity index (χ1) is 17.8. The molecule has 0 aromatic heterocycles. The third kappa shape index (κ3) is 7.54. The van der Waals surface area contributed by atoms with E-state index < -0.39 is 11.9 Å². The number of hydrogen-bond acceptors (Lipinski definition) is 6. The zero-order chi connectivity index (χ0) is 26.8. The predicted molar refractivity (Wildman–Crippen MR) is 149 cm³/mol. The Hall–Kier alpha value is -3.91. The summed E-state index contributed by atoms with van der Waals surface area (Å²) in [6.07, 6.45) is 1.49. The summed E-state index contributed by atoms with van der Waals surface area (Å²) in [5.74, 6) is 0.135. The minimum absolute atomic E-state index is 0.147. The number of halogens is 1. The molecule has 0 bridgehead atoms. The molecule has 0 aliphatic rings. The molecule has 3 rings (SSSR count). The number of ether oxygens (including phenoxy) is 2. The van der Waals surface area contributed by atoms with Crippen LogP contribution in [0.15, 0.2) is 71.8 Å². The summed E-state index contributed by atoms with van der Waals surface area (Å²) >= 11 is 2.13. The highest BCUT2D eigenvalue weighted by molar-refractivity contribution is 14.1.